The molecule has 0 aliphatic carbocycles. The quantitative estimate of drug-likeness (QED) is 0.747. The molecule has 2 nitrogen and oxygen atoms in total. The van der Waals surface area contributed by atoms with E-state index in [1.807, 2.05) is 6.07 Å². The first-order valence-corrected chi connectivity index (χ1v) is 6.56. The second-order valence-electron chi connectivity index (χ2n) is 4.81. The Morgan fingerprint density at radius 3 is 2.47 bits per heavy atom. The van der Waals surface area contributed by atoms with E-state index in [1.54, 1.807) is 0 Å². The highest BCUT2D eigenvalue weighted by molar-refractivity contribution is 5.13. The van der Waals surface area contributed by atoms with Gasteiger partial charge in [-0.1, -0.05) is 51.1 Å². The predicted octanol–water partition coefficient (Wildman–Crippen LogP) is 3.08. The van der Waals surface area contributed by atoms with Crippen molar-refractivity contribution in [2.24, 2.45) is 11.8 Å². The van der Waals surface area contributed by atoms with Gasteiger partial charge in [0.25, 0.3) is 0 Å². The second kappa shape index (κ2) is 8.26. The molecule has 0 aliphatic rings. The Hall–Kier alpha value is -0.860. The number of hydrogen-bond donors (Lipinski definition) is 1. The molecule has 0 radical (unpaired) electrons. The summed E-state index contributed by atoms with van der Waals surface area (Å²) in [6, 6.07) is 10.4. The number of nitrogens with one attached hydrogen (secondary N) is 1. The van der Waals surface area contributed by atoms with E-state index in [0.717, 1.165) is 26.3 Å². The molecule has 0 saturated carbocycles. The molecule has 1 rings (SSSR count). The summed E-state index contributed by atoms with van der Waals surface area (Å²) < 4.78 is 5.80. The maximum absolute atomic E-state index is 5.80. The van der Waals surface area contributed by atoms with Crippen LogP contribution >= 0.6 is 0 Å². The lowest BCUT2D eigenvalue weighted by molar-refractivity contribution is 0.0715. The third-order valence-electron chi connectivity index (χ3n) is 3.04. The van der Waals surface area contributed by atoms with Gasteiger partial charge in [-0.2, -0.15) is 0 Å². The molecule has 2 heteroatoms. The zero-order chi connectivity index (χ0) is 12.5. The van der Waals surface area contributed by atoms with Crippen LogP contribution in [-0.4, -0.2) is 19.7 Å². The molecule has 1 aromatic rings. The van der Waals surface area contributed by atoms with Crippen molar-refractivity contribution in [2.75, 3.05) is 19.7 Å². The van der Waals surface area contributed by atoms with E-state index in [0.29, 0.717) is 11.8 Å². The van der Waals surface area contributed by atoms with Gasteiger partial charge in [-0.25, -0.2) is 0 Å². The highest BCUT2D eigenvalue weighted by Crippen LogP contribution is 2.11. The van der Waals surface area contributed by atoms with Crippen molar-refractivity contribution in [1.29, 1.82) is 0 Å². The lowest BCUT2D eigenvalue weighted by Gasteiger charge is -2.21. The van der Waals surface area contributed by atoms with Gasteiger partial charge in [0.2, 0.25) is 0 Å². The third kappa shape index (κ3) is 5.85. The maximum atomic E-state index is 5.80. The minimum Gasteiger partial charge on any atom is -0.376 e. The normalized spacial score (nSPS) is 12.9. The minimum absolute atomic E-state index is 0.596. The van der Waals surface area contributed by atoms with Gasteiger partial charge >= 0.3 is 0 Å². The fourth-order valence-electron chi connectivity index (χ4n) is 1.72. The lowest BCUT2D eigenvalue weighted by Crippen LogP contribution is -2.29. The molecule has 0 heterocycles. The van der Waals surface area contributed by atoms with E-state index >= 15 is 0 Å². The molecule has 1 atom stereocenters. The summed E-state index contributed by atoms with van der Waals surface area (Å²) >= 11 is 0. The molecule has 0 spiro atoms. The van der Waals surface area contributed by atoms with Gasteiger partial charge in [-0.3, -0.25) is 0 Å². The van der Waals surface area contributed by atoms with Gasteiger partial charge in [0, 0.05) is 6.54 Å². The summed E-state index contributed by atoms with van der Waals surface area (Å²) in [6.45, 7) is 10.3. The molecule has 1 N–H and O–H groups in total. The van der Waals surface area contributed by atoms with Gasteiger partial charge in [0.05, 0.1) is 13.2 Å². The van der Waals surface area contributed by atoms with Gasteiger partial charge in [0.1, 0.15) is 0 Å². The van der Waals surface area contributed by atoms with Crippen LogP contribution in [0.1, 0.15) is 26.3 Å². The lowest BCUT2D eigenvalue weighted by atomic mass is 9.97. The maximum Gasteiger partial charge on any atom is 0.0717 e. The highest BCUT2D eigenvalue weighted by Gasteiger charge is 2.12. The van der Waals surface area contributed by atoms with Crippen molar-refractivity contribution in [3.8, 4) is 0 Å². The topological polar surface area (TPSA) is 21.3 Å². The Labute approximate surface area is 105 Å². The van der Waals surface area contributed by atoms with Crippen LogP contribution < -0.4 is 5.32 Å². The van der Waals surface area contributed by atoms with Crippen molar-refractivity contribution in [3.05, 3.63) is 35.9 Å². The first-order valence-electron chi connectivity index (χ1n) is 6.56. The van der Waals surface area contributed by atoms with Crippen molar-refractivity contribution in [3.63, 3.8) is 0 Å². The highest BCUT2D eigenvalue weighted by atomic mass is 16.5. The fraction of sp³-hybridized carbons (Fsp3) is 0.600. The van der Waals surface area contributed by atoms with E-state index in [-0.39, 0.29) is 0 Å². The molecule has 0 amide bonds. The zero-order valence-electron chi connectivity index (χ0n) is 11.3. The van der Waals surface area contributed by atoms with E-state index in [1.165, 1.54) is 5.56 Å². The van der Waals surface area contributed by atoms with Crippen LogP contribution in [0.15, 0.2) is 30.3 Å². The fourth-order valence-corrected chi connectivity index (χ4v) is 1.72. The van der Waals surface area contributed by atoms with Gasteiger partial charge in [-0.05, 0) is 23.9 Å². The summed E-state index contributed by atoms with van der Waals surface area (Å²) in [7, 11) is 0. The number of rotatable bonds is 8. The van der Waals surface area contributed by atoms with Crippen LogP contribution in [-0.2, 0) is 11.3 Å². The van der Waals surface area contributed by atoms with Crippen molar-refractivity contribution >= 4 is 0 Å². The Balaban J connectivity index is 2.27. The molecule has 0 saturated heterocycles. The monoisotopic (exact) mass is 235 g/mol. The van der Waals surface area contributed by atoms with Gasteiger partial charge in [-0.15, -0.1) is 0 Å². The number of benzene rings is 1. The van der Waals surface area contributed by atoms with Crippen molar-refractivity contribution < 1.29 is 4.74 Å². The molecular weight excluding hydrogens is 210 g/mol. The Kier molecular flexibility index (Phi) is 6.90. The van der Waals surface area contributed by atoms with E-state index < -0.39 is 0 Å². The number of ether oxygens (including phenoxy) is 1. The summed E-state index contributed by atoms with van der Waals surface area (Å²) in [5, 5.41) is 3.40. The van der Waals surface area contributed by atoms with Crippen LogP contribution in [0.25, 0.3) is 0 Å². The molecule has 1 aromatic carbocycles. The summed E-state index contributed by atoms with van der Waals surface area (Å²) in [6.07, 6.45) is 0. The standard InChI is InChI=1S/C15H25NO/c1-4-16-10-15(13(2)3)12-17-11-14-8-6-5-7-9-14/h5-9,13,15-16H,4,10-12H2,1-3H3. The summed E-state index contributed by atoms with van der Waals surface area (Å²) in [4.78, 5) is 0. The average molecular weight is 235 g/mol. The van der Waals surface area contributed by atoms with Crippen LogP contribution in [0.2, 0.25) is 0 Å². The first-order chi connectivity index (χ1) is 8.24. The van der Waals surface area contributed by atoms with Gasteiger partial charge < -0.3 is 10.1 Å². The summed E-state index contributed by atoms with van der Waals surface area (Å²) in [5.74, 6) is 1.25. The largest absolute Gasteiger partial charge is 0.376 e. The molecule has 96 valence electrons. The molecule has 1 unspecified atom stereocenters. The zero-order valence-corrected chi connectivity index (χ0v) is 11.3. The SMILES string of the molecule is CCNCC(COCc1ccccc1)C(C)C. The van der Waals surface area contributed by atoms with E-state index in [9.17, 15) is 0 Å². The Morgan fingerprint density at radius 1 is 1.18 bits per heavy atom. The van der Waals surface area contributed by atoms with Gasteiger partial charge in [0.15, 0.2) is 0 Å². The molecule has 0 fully saturated rings. The molecule has 17 heavy (non-hydrogen) atoms. The van der Waals surface area contributed by atoms with E-state index in [2.05, 4.69) is 50.4 Å². The van der Waals surface area contributed by atoms with Crippen LogP contribution in [0.3, 0.4) is 0 Å². The average Bonchev–Trinajstić information content (AvgIpc) is 2.34. The summed E-state index contributed by atoms with van der Waals surface area (Å²) in [5.41, 5.74) is 1.25. The van der Waals surface area contributed by atoms with Crippen molar-refractivity contribution in [1.82, 2.24) is 5.32 Å². The first kappa shape index (κ1) is 14.2. The smallest absolute Gasteiger partial charge is 0.0717 e. The Bertz CT molecular complexity index is 284. The minimum atomic E-state index is 0.596. The molecule has 0 bridgehead atoms. The Morgan fingerprint density at radius 2 is 1.88 bits per heavy atom. The number of hydrogen-bond acceptors (Lipinski definition) is 2. The van der Waals surface area contributed by atoms with Crippen LogP contribution in [0.4, 0.5) is 0 Å². The molecule has 0 aromatic heterocycles. The molecular formula is C15H25NO. The van der Waals surface area contributed by atoms with Crippen molar-refractivity contribution in [2.45, 2.75) is 27.4 Å². The molecule has 0 aliphatic heterocycles. The second-order valence-corrected chi connectivity index (χ2v) is 4.81. The predicted molar refractivity (Wildman–Crippen MR) is 73.0 cm³/mol. The van der Waals surface area contributed by atoms with Crippen LogP contribution in [0.5, 0.6) is 0 Å². The third-order valence-corrected chi connectivity index (χ3v) is 3.04. The van der Waals surface area contributed by atoms with Crippen LogP contribution in [0, 0.1) is 11.8 Å². The van der Waals surface area contributed by atoms with E-state index in [4.69, 9.17) is 4.74 Å².